The minimum Gasteiger partial charge on any atom is -0.294 e. The first-order valence-electron chi connectivity index (χ1n) is 6.31. The van der Waals surface area contributed by atoms with Gasteiger partial charge in [-0.2, -0.15) is 0 Å². The highest BCUT2D eigenvalue weighted by molar-refractivity contribution is 5.96. The molecule has 0 aliphatic heterocycles. The van der Waals surface area contributed by atoms with E-state index in [1.54, 1.807) is 0 Å². The average molecular weight is 238 g/mol. The lowest BCUT2D eigenvalue weighted by atomic mass is 9.98. The van der Waals surface area contributed by atoms with Crippen LogP contribution in [0.4, 0.5) is 0 Å². The first kappa shape index (κ1) is 12.6. The highest BCUT2D eigenvalue weighted by Crippen LogP contribution is 2.14. The van der Waals surface area contributed by atoms with Crippen molar-refractivity contribution in [2.75, 3.05) is 0 Å². The van der Waals surface area contributed by atoms with Crippen LogP contribution in [-0.4, -0.2) is 5.78 Å². The normalized spacial score (nSPS) is 10.3. The van der Waals surface area contributed by atoms with Crippen molar-refractivity contribution >= 4 is 5.78 Å². The molecule has 1 heteroatoms. The van der Waals surface area contributed by atoms with Gasteiger partial charge in [0.25, 0.3) is 0 Å². The number of aryl methyl sites for hydroxylation is 3. The van der Waals surface area contributed by atoms with Crippen LogP contribution < -0.4 is 0 Å². The van der Waals surface area contributed by atoms with E-state index in [0.717, 1.165) is 12.0 Å². The van der Waals surface area contributed by atoms with E-state index in [2.05, 4.69) is 32.0 Å². The van der Waals surface area contributed by atoms with Gasteiger partial charge in [-0.25, -0.2) is 0 Å². The Morgan fingerprint density at radius 1 is 1.00 bits per heavy atom. The molecule has 0 spiro atoms. The number of hydrogen-bond donors (Lipinski definition) is 0. The van der Waals surface area contributed by atoms with Gasteiger partial charge >= 0.3 is 0 Å². The SMILES string of the molecule is Cc1ccc(CCC(=O)c2ccccc2)c(C)c1. The molecule has 0 unspecified atom stereocenters. The second kappa shape index (κ2) is 5.63. The molecule has 0 saturated carbocycles. The van der Waals surface area contributed by atoms with Gasteiger partial charge in [0.15, 0.2) is 5.78 Å². The monoisotopic (exact) mass is 238 g/mol. The Hall–Kier alpha value is -1.89. The Balaban J connectivity index is 2.02. The van der Waals surface area contributed by atoms with Gasteiger partial charge in [0, 0.05) is 12.0 Å². The largest absolute Gasteiger partial charge is 0.294 e. The maximum absolute atomic E-state index is 12.0. The summed E-state index contributed by atoms with van der Waals surface area (Å²) in [5.74, 6) is 0.218. The van der Waals surface area contributed by atoms with Gasteiger partial charge in [-0.05, 0) is 31.4 Å². The number of carbonyl (C=O) groups excluding carboxylic acids is 1. The molecule has 92 valence electrons. The van der Waals surface area contributed by atoms with Crippen molar-refractivity contribution in [1.82, 2.24) is 0 Å². The molecule has 0 radical (unpaired) electrons. The van der Waals surface area contributed by atoms with Crippen molar-refractivity contribution in [3.63, 3.8) is 0 Å². The maximum atomic E-state index is 12.0. The van der Waals surface area contributed by atoms with Crippen molar-refractivity contribution in [2.45, 2.75) is 26.7 Å². The summed E-state index contributed by atoms with van der Waals surface area (Å²) in [6, 6.07) is 15.9. The lowest BCUT2D eigenvalue weighted by Gasteiger charge is -2.06. The molecule has 0 fully saturated rings. The van der Waals surface area contributed by atoms with E-state index in [1.165, 1.54) is 16.7 Å². The summed E-state index contributed by atoms with van der Waals surface area (Å²) in [7, 11) is 0. The maximum Gasteiger partial charge on any atom is 0.163 e. The van der Waals surface area contributed by atoms with Crippen LogP contribution in [-0.2, 0) is 6.42 Å². The molecule has 0 aliphatic rings. The van der Waals surface area contributed by atoms with Crippen LogP contribution >= 0.6 is 0 Å². The van der Waals surface area contributed by atoms with Gasteiger partial charge in [0.05, 0.1) is 0 Å². The fraction of sp³-hybridized carbons (Fsp3) is 0.235. The fourth-order valence-electron chi connectivity index (χ4n) is 2.14. The highest BCUT2D eigenvalue weighted by atomic mass is 16.1. The lowest BCUT2D eigenvalue weighted by molar-refractivity contribution is 0.0983. The molecule has 0 amide bonds. The van der Waals surface area contributed by atoms with E-state index in [-0.39, 0.29) is 5.78 Å². The van der Waals surface area contributed by atoms with E-state index in [4.69, 9.17) is 0 Å². The topological polar surface area (TPSA) is 17.1 Å². The lowest BCUT2D eigenvalue weighted by Crippen LogP contribution is -2.01. The molecule has 18 heavy (non-hydrogen) atoms. The zero-order valence-electron chi connectivity index (χ0n) is 10.9. The summed E-state index contributed by atoms with van der Waals surface area (Å²) < 4.78 is 0. The number of carbonyl (C=O) groups is 1. The molecule has 0 saturated heterocycles. The van der Waals surface area contributed by atoms with Gasteiger partial charge in [0.1, 0.15) is 0 Å². The number of hydrogen-bond acceptors (Lipinski definition) is 1. The third-order valence-corrected chi connectivity index (χ3v) is 3.22. The van der Waals surface area contributed by atoms with E-state index in [0.29, 0.717) is 6.42 Å². The first-order chi connectivity index (χ1) is 8.66. The minimum absolute atomic E-state index is 0.218. The smallest absolute Gasteiger partial charge is 0.163 e. The molecule has 0 aromatic heterocycles. The molecule has 0 aliphatic carbocycles. The first-order valence-corrected chi connectivity index (χ1v) is 6.31. The molecule has 0 N–H and O–H groups in total. The minimum atomic E-state index is 0.218. The zero-order chi connectivity index (χ0) is 13.0. The highest BCUT2D eigenvalue weighted by Gasteiger charge is 2.06. The van der Waals surface area contributed by atoms with Crippen molar-refractivity contribution in [3.05, 3.63) is 70.8 Å². The molecule has 0 atom stereocenters. The number of ketones is 1. The van der Waals surface area contributed by atoms with Crippen molar-refractivity contribution in [1.29, 1.82) is 0 Å². The van der Waals surface area contributed by atoms with Crippen LogP contribution in [0, 0.1) is 13.8 Å². The van der Waals surface area contributed by atoms with E-state index in [9.17, 15) is 4.79 Å². The predicted molar refractivity (Wildman–Crippen MR) is 75.0 cm³/mol. The second-order valence-electron chi connectivity index (χ2n) is 4.72. The summed E-state index contributed by atoms with van der Waals surface area (Å²) >= 11 is 0. The third-order valence-electron chi connectivity index (χ3n) is 3.22. The number of Topliss-reactive ketones (excluding diaryl/α,β-unsaturated/α-hetero) is 1. The fourth-order valence-corrected chi connectivity index (χ4v) is 2.14. The van der Waals surface area contributed by atoms with Crippen LogP contribution in [0.2, 0.25) is 0 Å². The summed E-state index contributed by atoms with van der Waals surface area (Å²) in [4.78, 5) is 12.0. The molecular formula is C17H18O. The van der Waals surface area contributed by atoms with E-state index in [1.807, 2.05) is 30.3 Å². The Morgan fingerprint density at radius 3 is 2.39 bits per heavy atom. The van der Waals surface area contributed by atoms with Gasteiger partial charge in [0.2, 0.25) is 0 Å². The zero-order valence-corrected chi connectivity index (χ0v) is 10.9. The van der Waals surface area contributed by atoms with Crippen LogP contribution in [0.3, 0.4) is 0 Å². The Labute approximate surface area is 108 Å². The number of rotatable bonds is 4. The summed E-state index contributed by atoms with van der Waals surface area (Å²) in [5.41, 5.74) is 4.62. The van der Waals surface area contributed by atoms with Gasteiger partial charge < -0.3 is 0 Å². The summed E-state index contributed by atoms with van der Waals surface area (Å²) in [6.07, 6.45) is 1.40. The van der Waals surface area contributed by atoms with Crippen molar-refractivity contribution < 1.29 is 4.79 Å². The van der Waals surface area contributed by atoms with Gasteiger partial charge in [-0.3, -0.25) is 4.79 Å². The van der Waals surface area contributed by atoms with Crippen LogP contribution in [0.25, 0.3) is 0 Å². The summed E-state index contributed by atoms with van der Waals surface area (Å²) in [5, 5.41) is 0. The number of benzene rings is 2. The second-order valence-corrected chi connectivity index (χ2v) is 4.72. The quantitative estimate of drug-likeness (QED) is 0.732. The Morgan fingerprint density at radius 2 is 1.72 bits per heavy atom. The molecule has 0 bridgehead atoms. The Bertz CT molecular complexity index is 541. The van der Waals surface area contributed by atoms with Crippen LogP contribution in [0.1, 0.15) is 33.5 Å². The molecule has 2 aromatic rings. The molecule has 0 heterocycles. The predicted octanol–water partition coefficient (Wildman–Crippen LogP) is 4.12. The van der Waals surface area contributed by atoms with Crippen LogP contribution in [0.5, 0.6) is 0 Å². The van der Waals surface area contributed by atoms with Crippen LogP contribution in [0.15, 0.2) is 48.5 Å². The standard InChI is InChI=1S/C17H18O/c1-13-8-9-15(14(2)12-13)10-11-17(18)16-6-4-3-5-7-16/h3-9,12H,10-11H2,1-2H3. The van der Waals surface area contributed by atoms with Gasteiger partial charge in [-0.15, -0.1) is 0 Å². The van der Waals surface area contributed by atoms with Gasteiger partial charge in [-0.1, -0.05) is 54.1 Å². The van der Waals surface area contributed by atoms with E-state index < -0.39 is 0 Å². The molecular weight excluding hydrogens is 220 g/mol. The molecule has 2 rings (SSSR count). The third kappa shape index (κ3) is 3.07. The summed E-state index contributed by atoms with van der Waals surface area (Å²) in [6.45, 7) is 4.20. The molecule has 1 nitrogen and oxygen atoms in total. The van der Waals surface area contributed by atoms with Crippen molar-refractivity contribution in [2.24, 2.45) is 0 Å². The Kier molecular flexibility index (Phi) is 3.93. The van der Waals surface area contributed by atoms with E-state index >= 15 is 0 Å². The van der Waals surface area contributed by atoms with Crippen molar-refractivity contribution in [3.8, 4) is 0 Å². The molecule has 2 aromatic carbocycles. The average Bonchev–Trinajstić information content (AvgIpc) is 2.38.